The average Bonchev–Trinajstić information content (AvgIpc) is 2.28. The van der Waals surface area contributed by atoms with Crippen molar-refractivity contribution >= 4 is 17.6 Å². The van der Waals surface area contributed by atoms with Gasteiger partial charge in [-0.2, -0.15) is 0 Å². The summed E-state index contributed by atoms with van der Waals surface area (Å²) in [7, 11) is 0. The van der Waals surface area contributed by atoms with Crippen molar-refractivity contribution in [3.8, 4) is 0 Å². The van der Waals surface area contributed by atoms with Gasteiger partial charge in [0.2, 0.25) is 0 Å². The fraction of sp³-hybridized carbons (Fsp3) is 0.333. The number of para-hydroxylation sites is 1. The Bertz CT molecular complexity index is 418. The van der Waals surface area contributed by atoms with Gasteiger partial charge in [-0.1, -0.05) is 19.1 Å². The summed E-state index contributed by atoms with van der Waals surface area (Å²) in [4.78, 5) is 21.8. The monoisotopic (exact) mass is 236 g/mol. The number of carboxylic acids is 1. The molecule has 0 aliphatic rings. The SMILES string of the molecule is CCC(CC(=O)O)Nc1ccccc1C(N)=O. The van der Waals surface area contributed by atoms with Crippen LogP contribution in [0.1, 0.15) is 30.1 Å². The number of carboxylic acid groups (broad SMARTS) is 1. The minimum absolute atomic E-state index is 0.00357. The van der Waals surface area contributed by atoms with E-state index < -0.39 is 11.9 Å². The van der Waals surface area contributed by atoms with Crippen molar-refractivity contribution in [3.05, 3.63) is 29.8 Å². The summed E-state index contributed by atoms with van der Waals surface area (Å²) >= 11 is 0. The highest BCUT2D eigenvalue weighted by Crippen LogP contribution is 2.17. The zero-order valence-electron chi connectivity index (χ0n) is 9.64. The van der Waals surface area contributed by atoms with Crippen molar-refractivity contribution < 1.29 is 14.7 Å². The lowest BCUT2D eigenvalue weighted by atomic mass is 10.1. The number of hydrogen-bond donors (Lipinski definition) is 3. The molecule has 0 bridgehead atoms. The molecule has 92 valence electrons. The molecule has 5 nitrogen and oxygen atoms in total. The maximum Gasteiger partial charge on any atom is 0.305 e. The predicted molar refractivity (Wildman–Crippen MR) is 64.9 cm³/mol. The number of anilines is 1. The van der Waals surface area contributed by atoms with E-state index in [1.165, 1.54) is 0 Å². The number of benzene rings is 1. The van der Waals surface area contributed by atoms with Crippen LogP contribution in [0.3, 0.4) is 0 Å². The molecule has 5 heteroatoms. The molecule has 1 atom stereocenters. The van der Waals surface area contributed by atoms with E-state index in [0.29, 0.717) is 17.7 Å². The van der Waals surface area contributed by atoms with Crippen molar-refractivity contribution in [2.24, 2.45) is 5.73 Å². The van der Waals surface area contributed by atoms with Gasteiger partial charge in [-0.05, 0) is 18.6 Å². The molecule has 1 aromatic rings. The van der Waals surface area contributed by atoms with E-state index in [9.17, 15) is 9.59 Å². The van der Waals surface area contributed by atoms with Crippen LogP contribution in [-0.2, 0) is 4.79 Å². The first-order valence-electron chi connectivity index (χ1n) is 5.41. The first-order chi connectivity index (χ1) is 8.04. The van der Waals surface area contributed by atoms with Crippen LogP contribution in [0.25, 0.3) is 0 Å². The lowest BCUT2D eigenvalue weighted by molar-refractivity contribution is -0.137. The van der Waals surface area contributed by atoms with Crippen LogP contribution in [0.2, 0.25) is 0 Å². The van der Waals surface area contributed by atoms with Gasteiger partial charge in [-0.3, -0.25) is 9.59 Å². The number of hydrogen-bond acceptors (Lipinski definition) is 3. The third kappa shape index (κ3) is 3.79. The molecule has 1 amide bonds. The second-order valence-corrected chi connectivity index (χ2v) is 3.76. The van der Waals surface area contributed by atoms with E-state index in [0.717, 1.165) is 0 Å². The van der Waals surface area contributed by atoms with Gasteiger partial charge in [-0.15, -0.1) is 0 Å². The smallest absolute Gasteiger partial charge is 0.305 e. The number of carbonyl (C=O) groups excluding carboxylic acids is 1. The Morgan fingerprint density at radius 1 is 1.41 bits per heavy atom. The van der Waals surface area contributed by atoms with E-state index in [1.54, 1.807) is 24.3 Å². The van der Waals surface area contributed by atoms with Gasteiger partial charge >= 0.3 is 5.97 Å². The van der Waals surface area contributed by atoms with E-state index in [4.69, 9.17) is 10.8 Å². The molecule has 0 radical (unpaired) electrons. The van der Waals surface area contributed by atoms with Gasteiger partial charge in [0, 0.05) is 11.7 Å². The van der Waals surface area contributed by atoms with Crippen LogP contribution in [0.4, 0.5) is 5.69 Å². The Morgan fingerprint density at radius 3 is 2.59 bits per heavy atom. The van der Waals surface area contributed by atoms with Gasteiger partial charge in [0.15, 0.2) is 0 Å². The summed E-state index contributed by atoms with van der Waals surface area (Å²) in [5.74, 6) is -1.40. The van der Waals surface area contributed by atoms with Gasteiger partial charge in [0.1, 0.15) is 0 Å². The summed E-state index contributed by atoms with van der Waals surface area (Å²) in [6.45, 7) is 1.88. The highest BCUT2D eigenvalue weighted by atomic mass is 16.4. The summed E-state index contributed by atoms with van der Waals surface area (Å²) in [5.41, 5.74) is 6.19. The maximum atomic E-state index is 11.2. The van der Waals surface area contributed by atoms with Crippen LogP contribution in [0.5, 0.6) is 0 Å². The highest BCUT2D eigenvalue weighted by Gasteiger charge is 2.14. The molecule has 0 aliphatic carbocycles. The van der Waals surface area contributed by atoms with Crippen LogP contribution in [-0.4, -0.2) is 23.0 Å². The lowest BCUT2D eigenvalue weighted by Gasteiger charge is -2.17. The van der Waals surface area contributed by atoms with Gasteiger partial charge in [0.05, 0.1) is 12.0 Å². The lowest BCUT2D eigenvalue weighted by Crippen LogP contribution is -2.24. The second kappa shape index (κ2) is 5.89. The van der Waals surface area contributed by atoms with Gasteiger partial charge in [-0.25, -0.2) is 0 Å². The van der Waals surface area contributed by atoms with E-state index in [2.05, 4.69) is 5.32 Å². The second-order valence-electron chi connectivity index (χ2n) is 3.76. The summed E-state index contributed by atoms with van der Waals surface area (Å²) < 4.78 is 0. The average molecular weight is 236 g/mol. The minimum atomic E-state index is -0.874. The number of rotatable bonds is 6. The summed E-state index contributed by atoms with van der Waals surface area (Å²) in [5, 5.41) is 11.8. The Kier molecular flexibility index (Phi) is 4.51. The predicted octanol–water partition coefficient (Wildman–Crippen LogP) is 1.45. The molecular weight excluding hydrogens is 220 g/mol. The molecule has 0 saturated heterocycles. The van der Waals surface area contributed by atoms with Crippen LogP contribution >= 0.6 is 0 Å². The summed E-state index contributed by atoms with van der Waals surface area (Å²) in [6.07, 6.45) is 0.656. The first-order valence-corrected chi connectivity index (χ1v) is 5.41. The number of primary amides is 1. The van der Waals surface area contributed by atoms with Gasteiger partial charge < -0.3 is 16.2 Å². The fourth-order valence-electron chi connectivity index (χ4n) is 1.55. The van der Waals surface area contributed by atoms with E-state index in [1.807, 2.05) is 6.92 Å². The molecule has 1 aromatic carbocycles. The molecule has 0 heterocycles. The standard InChI is InChI=1S/C12H16N2O3/c1-2-8(7-11(15)16)14-10-6-4-3-5-9(10)12(13)17/h3-6,8,14H,2,7H2,1H3,(H2,13,17)(H,15,16). The van der Waals surface area contributed by atoms with Crippen molar-refractivity contribution in [1.29, 1.82) is 0 Å². The third-order valence-corrected chi connectivity index (χ3v) is 2.47. The van der Waals surface area contributed by atoms with Crippen molar-refractivity contribution in [2.45, 2.75) is 25.8 Å². The Morgan fingerprint density at radius 2 is 2.06 bits per heavy atom. The molecule has 0 aliphatic heterocycles. The normalized spacial score (nSPS) is 11.8. The molecular formula is C12H16N2O3. The Hall–Kier alpha value is -2.04. The third-order valence-electron chi connectivity index (χ3n) is 2.47. The zero-order valence-corrected chi connectivity index (χ0v) is 9.64. The fourth-order valence-corrected chi connectivity index (χ4v) is 1.55. The number of carbonyl (C=O) groups is 2. The maximum absolute atomic E-state index is 11.2. The number of aliphatic carboxylic acids is 1. The number of nitrogens with two attached hydrogens (primary N) is 1. The van der Waals surface area contributed by atoms with Crippen LogP contribution < -0.4 is 11.1 Å². The molecule has 0 spiro atoms. The molecule has 0 fully saturated rings. The molecule has 4 N–H and O–H groups in total. The van der Waals surface area contributed by atoms with E-state index >= 15 is 0 Å². The first kappa shape index (κ1) is 13.0. The van der Waals surface area contributed by atoms with Crippen molar-refractivity contribution in [3.63, 3.8) is 0 Å². The molecule has 1 rings (SSSR count). The number of amides is 1. The highest BCUT2D eigenvalue weighted by molar-refractivity contribution is 5.98. The van der Waals surface area contributed by atoms with Crippen molar-refractivity contribution in [1.82, 2.24) is 0 Å². The van der Waals surface area contributed by atoms with Crippen LogP contribution in [0.15, 0.2) is 24.3 Å². The minimum Gasteiger partial charge on any atom is -0.481 e. The Labute approximate surface area is 99.6 Å². The topological polar surface area (TPSA) is 92.4 Å². The molecule has 1 unspecified atom stereocenters. The Balaban J connectivity index is 2.85. The van der Waals surface area contributed by atoms with Crippen molar-refractivity contribution in [2.75, 3.05) is 5.32 Å². The molecule has 0 saturated carbocycles. The summed E-state index contributed by atoms with van der Waals surface area (Å²) in [6, 6.07) is 6.59. The van der Waals surface area contributed by atoms with Gasteiger partial charge in [0.25, 0.3) is 5.91 Å². The van der Waals surface area contributed by atoms with Crippen LogP contribution in [0, 0.1) is 0 Å². The quantitative estimate of drug-likeness (QED) is 0.697. The molecule has 0 aromatic heterocycles. The zero-order chi connectivity index (χ0) is 12.8. The number of nitrogens with one attached hydrogen (secondary N) is 1. The molecule has 17 heavy (non-hydrogen) atoms. The van der Waals surface area contributed by atoms with E-state index in [-0.39, 0.29) is 12.5 Å². The largest absolute Gasteiger partial charge is 0.481 e.